The van der Waals surface area contributed by atoms with Gasteiger partial charge in [0.2, 0.25) is 5.95 Å². The molecule has 0 radical (unpaired) electrons. The molecule has 154 valence electrons. The molecule has 1 aromatic heterocycles. The highest BCUT2D eigenvalue weighted by atomic mass is 35.5. The summed E-state index contributed by atoms with van der Waals surface area (Å²) in [5, 5.41) is 6.71. The SMILES string of the molecule is CN=C/C(=C\N)c1ccc(Nc2ncc(Cl)c(NCC3CCOCC3)n2)cc1F. The summed E-state index contributed by atoms with van der Waals surface area (Å²) in [7, 11) is 1.60. The lowest BCUT2D eigenvalue weighted by molar-refractivity contribution is 0.0699. The number of aliphatic imine (C=N–C) groups is 1. The maximum absolute atomic E-state index is 14.5. The average Bonchev–Trinajstić information content (AvgIpc) is 2.73. The zero-order chi connectivity index (χ0) is 20.6. The fourth-order valence-corrected chi connectivity index (χ4v) is 3.20. The van der Waals surface area contributed by atoms with E-state index in [0.29, 0.717) is 39.5 Å². The maximum atomic E-state index is 14.5. The minimum Gasteiger partial charge on any atom is -0.404 e. The Morgan fingerprint density at radius 1 is 1.41 bits per heavy atom. The van der Waals surface area contributed by atoms with Gasteiger partial charge < -0.3 is 21.1 Å². The van der Waals surface area contributed by atoms with Crippen molar-refractivity contribution in [3.05, 3.63) is 47.0 Å². The summed E-state index contributed by atoms with van der Waals surface area (Å²) in [6.07, 6.45) is 6.35. The number of nitrogens with zero attached hydrogens (tertiary/aromatic N) is 3. The Hall–Kier alpha value is -2.71. The van der Waals surface area contributed by atoms with E-state index < -0.39 is 5.82 Å². The van der Waals surface area contributed by atoms with Crippen LogP contribution in [0.4, 0.5) is 21.8 Å². The van der Waals surface area contributed by atoms with Crippen molar-refractivity contribution in [3.63, 3.8) is 0 Å². The standard InChI is InChI=1S/C20H24ClFN6O/c1-24-11-14(9-23)16-3-2-15(8-18(16)22)27-20-26-12-17(21)19(28-20)25-10-13-4-6-29-7-5-13/h2-3,8-9,11-13H,4-7,10,23H2,1H3,(H2,25,26,27,28)/b14-9+,24-11?. The van der Waals surface area contributed by atoms with Gasteiger partial charge in [-0.1, -0.05) is 11.6 Å². The Bertz CT molecular complexity index is 899. The number of allylic oxidation sites excluding steroid dienone is 1. The number of nitrogens with one attached hydrogen (secondary N) is 2. The number of benzene rings is 1. The Balaban J connectivity index is 1.70. The first-order valence-electron chi connectivity index (χ1n) is 9.36. The highest BCUT2D eigenvalue weighted by Crippen LogP contribution is 2.25. The Morgan fingerprint density at radius 2 is 2.21 bits per heavy atom. The Kier molecular flexibility index (Phi) is 7.37. The summed E-state index contributed by atoms with van der Waals surface area (Å²) in [5.41, 5.74) is 6.92. The van der Waals surface area contributed by atoms with E-state index in [1.807, 2.05) is 0 Å². The van der Waals surface area contributed by atoms with Gasteiger partial charge in [0.1, 0.15) is 10.8 Å². The van der Waals surface area contributed by atoms with Gasteiger partial charge >= 0.3 is 0 Å². The van der Waals surface area contributed by atoms with Gasteiger partial charge in [0.25, 0.3) is 0 Å². The normalized spacial score (nSPS) is 15.6. The van der Waals surface area contributed by atoms with Crippen LogP contribution in [0.1, 0.15) is 18.4 Å². The zero-order valence-electron chi connectivity index (χ0n) is 16.2. The van der Waals surface area contributed by atoms with E-state index in [1.165, 1.54) is 24.7 Å². The van der Waals surface area contributed by atoms with Crippen LogP contribution in [-0.4, -0.2) is 43.0 Å². The van der Waals surface area contributed by atoms with E-state index in [-0.39, 0.29) is 0 Å². The van der Waals surface area contributed by atoms with Crippen molar-refractivity contribution < 1.29 is 9.13 Å². The van der Waals surface area contributed by atoms with Gasteiger partial charge in [-0.25, -0.2) is 9.37 Å². The van der Waals surface area contributed by atoms with Crippen molar-refractivity contribution in [1.82, 2.24) is 9.97 Å². The first kappa shape index (κ1) is 21.0. The molecule has 0 amide bonds. The van der Waals surface area contributed by atoms with Gasteiger partial charge in [-0.15, -0.1) is 0 Å². The fraction of sp³-hybridized carbons (Fsp3) is 0.350. The van der Waals surface area contributed by atoms with Crippen LogP contribution in [0.5, 0.6) is 0 Å². The van der Waals surface area contributed by atoms with E-state index in [4.69, 9.17) is 22.1 Å². The number of ether oxygens (including phenoxy) is 1. The largest absolute Gasteiger partial charge is 0.404 e. The van der Waals surface area contributed by atoms with Crippen molar-refractivity contribution in [3.8, 4) is 0 Å². The molecule has 0 saturated carbocycles. The van der Waals surface area contributed by atoms with E-state index in [1.54, 1.807) is 19.2 Å². The fourth-order valence-electron chi connectivity index (χ4n) is 3.04. The van der Waals surface area contributed by atoms with Crippen molar-refractivity contribution in [2.45, 2.75) is 12.8 Å². The van der Waals surface area contributed by atoms with Gasteiger partial charge in [-0.3, -0.25) is 4.99 Å². The maximum Gasteiger partial charge on any atom is 0.229 e. The molecule has 0 spiro atoms. The molecule has 2 heterocycles. The van der Waals surface area contributed by atoms with E-state index >= 15 is 0 Å². The molecule has 0 aliphatic carbocycles. The molecule has 7 nitrogen and oxygen atoms in total. The number of nitrogens with two attached hydrogens (primary N) is 1. The number of aromatic nitrogens is 2. The Morgan fingerprint density at radius 3 is 2.90 bits per heavy atom. The lowest BCUT2D eigenvalue weighted by Gasteiger charge is -2.22. The zero-order valence-corrected chi connectivity index (χ0v) is 16.9. The first-order chi connectivity index (χ1) is 14.1. The highest BCUT2D eigenvalue weighted by molar-refractivity contribution is 6.32. The second-order valence-corrected chi connectivity index (χ2v) is 7.06. The third-order valence-corrected chi connectivity index (χ3v) is 4.90. The lowest BCUT2D eigenvalue weighted by atomic mass is 10.0. The molecule has 0 bridgehead atoms. The number of anilines is 3. The van der Waals surface area contributed by atoms with E-state index in [9.17, 15) is 4.39 Å². The van der Waals surface area contributed by atoms with Gasteiger partial charge in [-0.05, 0) is 37.0 Å². The van der Waals surface area contributed by atoms with Crippen LogP contribution in [0.2, 0.25) is 5.02 Å². The van der Waals surface area contributed by atoms with Crippen LogP contribution >= 0.6 is 11.6 Å². The van der Waals surface area contributed by atoms with Gasteiger partial charge in [0.05, 0.1) is 6.20 Å². The van der Waals surface area contributed by atoms with Gasteiger partial charge in [-0.2, -0.15) is 4.98 Å². The minimum atomic E-state index is -0.432. The summed E-state index contributed by atoms with van der Waals surface area (Å²) in [5.74, 6) is 0.948. The van der Waals surface area contributed by atoms with Crippen molar-refractivity contribution in [1.29, 1.82) is 0 Å². The summed E-state index contributed by atoms with van der Waals surface area (Å²) in [4.78, 5) is 12.5. The van der Waals surface area contributed by atoms with Crippen LogP contribution in [0.3, 0.4) is 0 Å². The molecular formula is C20H24ClFN6O. The molecule has 3 rings (SSSR count). The molecule has 1 aliphatic heterocycles. The molecule has 0 unspecified atom stereocenters. The predicted octanol–water partition coefficient (Wildman–Crippen LogP) is 3.85. The van der Waals surface area contributed by atoms with E-state index in [2.05, 4.69) is 25.6 Å². The first-order valence-corrected chi connectivity index (χ1v) is 9.73. The number of halogens is 2. The van der Waals surface area contributed by atoms with Gasteiger partial charge in [0, 0.05) is 56.0 Å². The van der Waals surface area contributed by atoms with Crippen LogP contribution in [-0.2, 0) is 4.74 Å². The topological polar surface area (TPSA) is 97.5 Å². The van der Waals surface area contributed by atoms with Gasteiger partial charge in [0.15, 0.2) is 5.82 Å². The summed E-state index contributed by atoms with van der Waals surface area (Å²) in [6, 6.07) is 4.70. The van der Waals surface area contributed by atoms with Crippen molar-refractivity contribution in [2.75, 3.05) is 37.4 Å². The summed E-state index contributed by atoms with van der Waals surface area (Å²) in [6.45, 7) is 2.32. The molecule has 1 aromatic carbocycles. The van der Waals surface area contributed by atoms with E-state index in [0.717, 1.165) is 32.6 Å². The predicted molar refractivity (Wildman–Crippen MR) is 115 cm³/mol. The quantitative estimate of drug-likeness (QED) is 0.591. The lowest BCUT2D eigenvalue weighted by Crippen LogP contribution is -2.23. The average molecular weight is 419 g/mol. The highest BCUT2D eigenvalue weighted by Gasteiger charge is 2.15. The van der Waals surface area contributed by atoms with Crippen LogP contribution in [0.15, 0.2) is 35.6 Å². The van der Waals surface area contributed by atoms with Crippen LogP contribution in [0.25, 0.3) is 5.57 Å². The molecule has 29 heavy (non-hydrogen) atoms. The number of hydrogen-bond donors (Lipinski definition) is 3. The minimum absolute atomic E-state index is 0.320. The monoisotopic (exact) mass is 418 g/mol. The second-order valence-electron chi connectivity index (χ2n) is 6.66. The van der Waals surface area contributed by atoms with Crippen molar-refractivity contribution in [2.24, 2.45) is 16.6 Å². The summed E-state index contributed by atoms with van der Waals surface area (Å²) < 4.78 is 19.9. The molecule has 1 aliphatic rings. The number of rotatable bonds is 7. The molecule has 0 atom stereocenters. The van der Waals surface area contributed by atoms with Crippen LogP contribution < -0.4 is 16.4 Å². The summed E-state index contributed by atoms with van der Waals surface area (Å²) >= 11 is 6.21. The molecular weight excluding hydrogens is 395 g/mol. The van der Waals surface area contributed by atoms with Crippen molar-refractivity contribution >= 4 is 40.8 Å². The molecule has 2 aromatic rings. The third kappa shape index (κ3) is 5.65. The molecule has 1 saturated heterocycles. The third-order valence-electron chi connectivity index (χ3n) is 4.63. The molecule has 9 heteroatoms. The Labute approximate surface area is 174 Å². The number of hydrogen-bond acceptors (Lipinski definition) is 7. The molecule has 4 N–H and O–H groups in total. The smallest absolute Gasteiger partial charge is 0.229 e. The van der Waals surface area contributed by atoms with Crippen LogP contribution in [0, 0.1) is 11.7 Å². The second kappa shape index (κ2) is 10.2. The molecule has 1 fully saturated rings.